The first-order valence-corrected chi connectivity index (χ1v) is 13.7. The molecule has 2 aromatic carbocycles. The molecule has 0 amide bonds. The Labute approximate surface area is 196 Å². The van der Waals surface area contributed by atoms with Gasteiger partial charge in [0.25, 0.3) is 10.0 Å². The van der Waals surface area contributed by atoms with Crippen molar-refractivity contribution in [1.29, 1.82) is 0 Å². The van der Waals surface area contributed by atoms with Crippen LogP contribution in [0.15, 0.2) is 56.5 Å². The fraction of sp³-hybridized carbons (Fsp3) is 0.211. The topological polar surface area (TPSA) is 94.0 Å². The molecule has 0 aliphatic rings. The van der Waals surface area contributed by atoms with Crippen molar-refractivity contribution in [3.05, 3.63) is 62.7 Å². The van der Waals surface area contributed by atoms with E-state index in [9.17, 15) is 13.2 Å². The third-order valence-corrected chi connectivity index (χ3v) is 9.10. The third-order valence-electron chi connectivity index (χ3n) is 4.26. The minimum absolute atomic E-state index is 0.0675. The summed E-state index contributed by atoms with van der Waals surface area (Å²) in [5, 5.41) is 8.75. The summed E-state index contributed by atoms with van der Waals surface area (Å²) in [4.78, 5) is 12.4. The lowest BCUT2D eigenvalue weighted by Gasteiger charge is -2.07. The molecule has 0 radical (unpaired) electrons. The summed E-state index contributed by atoms with van der Waals surface area (Å²) >= 11 is 9.67. The number of benzene rings is 2. The SMILES string of the molecule is CCCSc1nnc(NS(=O)(=O)c2ccc3c(c2)sc(=O)n3Cc2ccc(Cl)cc2)s1. The molecule has 0 fully saturated rings. The van der Waals surface area contributed by atoms with Gasteiger partial charge in [0.05, 0.1) is 21.7 Å². The molecule has 4 rings (SSSR count). The van der Waals surface area contributed by atoms with Crippen LogP contribution in [0.1, 0.15) is 18.9 Å². The van der Waals surface area contributed by atoms with Crippen LogP contribution in [0.4, 0.5) is 5.13 Å². The number of nitrogens with zero attached hydrogens (tertiary/aromatic N) is 3. The normalized spacial score (nSPS) is 11.8. The van der Waals surface area contributed by atoms with Crippen LogP contribution in [0.25, 0.3) is 10.2 Å². The summed E-state index contributed by atoms with van der Waals surface area (Å²) in [6.45, 7) is 2.44. The fourth-order valence-corrected chi connectivity index (χ4v) is 6.87. The molecule has 0 spiro atoms. The lowest BCUT2D eigenvalue weighted by atomic mass is 10.2. The number of thioether (sulfide) groups is 1. The molecule has 0 saturated heterocycles. The van der Waals surface area contributed by atoms with Gasteiger partial charge in [0.15, 0.2) is 4.34 Å². The minimum atomic E-state index is -3.85. The Morgan fingerprint density at radius 2 is 1.90 bits per heavy atom. The van der Waals surface area contributed by atoms with Crippen LogP contribution in [0.3, 0.4) is 0 Å². The number of anilines is 1. The van der Waals surface area contributed by atoms with Gasteiger partial charge >= 0.3 is 4.87 Å². The number of fused-ring (bicyclic) bond motifs is 1. The maximum Gasteiger partial charge on any atom is 0.308 e. The van der Waals surface area contributed by atoms with Crippen molar-refractivity contribution < 1.29 is 8.42 Å². The Morgan fingerprint density at radius 3 is 2.65 bits per heavy atom. The fourth-order valence-electron chi connectivity index (χ4n) is 2.81. The molecule has 0 saturated carbocycles. The number of rotatable bonds is 8. The lowest BCUT2D eigenvalue weighted by molar-refractivity contribution is 0.601. The van der Waals surface area contributed by atoms with Gasteiger partial charge in [-0.2, -0.15) is 0 Å². The summed E-state index contributed by atoms with van der Waals surface area (Å²) < 4.78 is 31.0. The van der Waals surface area contributed by atoms with E-state index in [2.05, 4.69) is 21.8 Å². The van der Waals surface area contributed by atoms with Gasteiger partial charge in [0.1, 0.15) is 0 Å². The van der Waals surface area contributed by atoms with Crippen molar-refractivity contribution in [2.45, 2.75) is 29.1 Å². The molecule has 0 atom stereocenters. The molecule has 12 heteroatoms. The monoisotopic (exact) mass is 512 g/mol. The van der Waals surface area contributed by atoms with Crippen molar-refractivity contribution >= 4 is 71.4 Å². The average Bonchev–Trinajstić information content (AvgIpc) is 3.31. The van der Waals surface area contributed by atoms with E-state index in [4.69, 9.17) is 11.6 Å². The zero-order chi connectivity index (χ0) is 22.0. The number of thiazole rings is 1. The zero-order valence-corrected chi connectivity index (χ0v) is 20.3. The van der Waals surface area contributed by atoms with Crippen molar-refractivity contribution in [3.63, 3.8) is 0 Å². The number of nitrogens with one attached hydrogen (secondary N) is 1. The predicted octanol–water partition coefficient (Wildman–Crippen LogP) is 4.92. The van der Waals surface area contributed by atoms with E-state index in [1.807, 2.05) is 12.1 Å². The van der Waals surface area contributed by atoms with Gasteiger partial charge in [-0.1, -0.05) is 65.1 Å². The van der Waals surface area contributed by atoms with Crippen LogP contribution < -0.4 is 9.60 Å². The molecule has 2 heterocycles. The highest BCUT2D eigenvalue weighted by Crippen LogP contribution is 2.28. The van der Waals surface area contributed by atoms with Crippen LogP contribution in [0.2, 0.25) is 5.02 Å². The number of hydrogen-bond donors (Lipinski definition) is 1. The van der Waals surface area contributed by atoms with E-state index >= 15 is 0 Å². The smallest absolute Gasteiger partial charge is 0.294 e. The van der Waals surface area contributed by atoms with Crippen LogP contribution in [0, 0.1) is 0 Å². The van der Waals surface area contributed by atoms with E-state index in [0.717, 1.165) is 29.1 Å². The van der Waals surface area contributed by atoms with Crippen LogP contribution in [0.5, 0.6) is 0 Å². The standard InChI is InChI=1S/C19H17ClN4O3S4/c1-2-9-28-18-22-21-17(30-18)23-31(26,27)14-7-8-15-16(10-14)29-19(25)24(15)11-12-3-5-13(20)6-4-12/h3-8,10H,2,9,11H2,1H3,(H,21,23). The molecule has 0 bridgehead atoms. The van der Waals surface area contributed by atoms with Gasteiger partial charge < -0.3 is 0 Å². The maximum atomic E-state index is 12.8. The Balaban J connectivity index is 1.59. The van der Waals surface area contributed by atoms with Gasteiger partial charge in [-0.25, -0.2) is 8.42 Å². The van der Waals surface area contributed by atoms with E-state index < -0.39 is 10.0 Å². The first-order chi connectivity index (χ1) is 14.9. The average molecular weight is 513 g/mol. The van der Waals surface area contributed by atoms with E-state index in [1.165, 1.54) is 35.2 Å². The van der Waals surface area contributed by atoms with Crippen molar-refractivity contribution in [2.24, 2.45) is 0 Å². The first kappa shape index (κ1) is 22.3. The second kappa shape index (κ2) is 9.29. The van der Waals surface area contributed by atoms with Crippen LogP contribution in [-0.4, -0.2) is 28.9 Å². The maximum absolute atomic E-state index is 12.8. The van der Waals surface area contributed by atoms with E-state index in [0.29, 0.717) is 26.1 Å². The van der Waals surface area contributed by atoms with E-state index in [-0.39, 0.29) is 14.9 Å². The molecule has 31 heavy (non-hydrogen) atoms. The van der Waals surface area contributed by atoms with Gasteiger partial charge in [0, 0.05) is 10.8 Å². The van der Waals surface area contributed by atoms with Crippen molar-refractivity contribution in [3.8, 4) is 0 Å². The molecule has 2 aromatic heterocycles. The van der Waals surface area contributed by atoms with Crippen molar-refractivity contribution in [2.75, 3.05) is 10.5 Å². The highest BCUT2D eigenvalue weighted by molar-refractivity contribution is 8.01. The second-order valence-electron chi connectivity index (χ2n) is 6.54. The van der Waals surface area contributed by atoms with E-state index in [1.54, 1.807) is 22.8 Å². The third kappa shape index (κ3) is 5.12. The molecule has 1 N–H and O–H groups in total. The van der Waals surface area contributed by atoms with Gasteiger partial charge in [-0.3, -0.25) is 14.1 Å². The zero-order valence-electron chi connectivity index (χ0n) is 16.2. The molecule has 4 aromatic rings. The molecule has 162 valence electrons. The Bertz CT molecular complexity index is 1380. The summed E-state index contributed by atoms with van der Waals surface area (Å²) in [5.74, 6) is 0.893. The number of aromatic nitrogens is 3. The molecule has 0 aliphatic heterocycles. The van der Waals surface area contributed by atoms with Crippen LogP contribution in [-0.2, 0) is 16.6 Å². The largest absolute Gasteiger partial charge is 0.308 e. The quantitative estimate of drug-likeness (QED) is 0.337. The van der Waals surface area contributed by atoms with Gasteiger partial charge in [-0.05, 0) is 42.3 Å². The highest BCUT2D eigenvalue weighted by Gasteiger charge is 2.19. The number of halogens is 1. The summed E-state index contributed by atoms with van der Waals surface area (Å²) in [6, 6.07) is 11.9. The minimum Gasteiger partial charge on any atom is -0.294 e. The highest BCUT2D eigenvalue weighted by atomic mass is 35.5. The molecular weight excluding hydrogens is 496 g/mol. The molecule has 0 aliphatic carbocycles. The molecule has 0 unspecified atom stereocenters. The summed E-state index contributed by atoms with van der Waals surface area (Å²) in [7, 11) is -3.85. The Kier molecular flexibility index (Phi) is 6.68. The van der Waals surface area contributed by atoms with Crippen LogP contribution >= 0.6 is 46.0 Å². The first-order valence-electron chi connectivity index (χ1n) is 9.22. The molecular formula is C19H17ClN4O3S4. The number of hydrogen-bond acceptors (Lipinski definition) is 8. The summed E-state index contributed by atoms with van der Waals surface area (Å²) in [5.41, 5.74) is 1.61. The second-order valence-corrected chi connectivity index (χ2v) is 12.0. The number of sulfonamides is 1. The predicted molar refractivity (Wildman–Crippen MR) is 128 cm³/mol. The Morgan fingerprint density at radius 1 is 1.13 bits per heavy atom. The van der Waals surface area contributed by atoms with Crippen molar-refractivity contribution in [1.82, 2.24) is 14.8 Å². The molecule has 7 nitrogen and oxygen atoms in total. The van der Waals surface area contributed by atoms with Gasteiger partial charge in [0.2, 0.25) is 5.13 Å². The lowest BCUT2D eigenvalue weighted by Crippen LogP contribution is -2.14. The summed E-state index contributed by atoms with van der Waals surface area (Å²) in [6.07, 6.45) is 0.992. The van der Waals surface area contributed by atoms with Gasteiger partial charge in [-0.15, -0.1) is 10.2 Å². The Hall–Kier alpha value is -1.92.